The summed E-state index contributed by atoms with van der Waals surface area (Å²) in [6.07, 6.45) is -5.08. The SMILES string of the molecule is Cc1cc2nc(CNC(=O)C(C)(F)F)[nH]c2cc1C.O=C(O)C(F)(F)F. The summed E-state index contributed by atoms with van der Waals surface area (Å²) >= 11 is 0. The van der Waals surface area contributed by atoms with Crippen LogP contribution in [0.4, 0.5) is 22.0 Å². The molecule has 3 N–H and O–H groups in total. The van der Waals surface area contributed by atoms with Gasteiger partial charge in [-0.1, -0.05) is 0 Å². The molecule has 1 amide bonds. The van der Waals surface area contributed by atoms with E-state index in [1.54, 1.807) is 0 Å². The number of carbonyl (C=O) groups is 2. The second-order valence-electron chi connectivity index (χ2n) is 5.51. The highest BCUT2D eigenvalue weighted by atomic mass is 19.4. The van der Waals surface area contributed by atoms with Crippen LogP contribution in [0, 0.1) is 13.8 Å². The highest BCUT2D eigenvalue weighted by Crippen LogP contribution is 2.17. The lowest BCUT2D eigenvalue weighted by molar-refractivity contribution is -0.192. The van der Waals surface area contributed by atoms with E-state index in [0.717, 1.165) is 22.2 Å². The Morgan fingerprint density at radius 3 is 2.12 bits per heavy atom. The largest absolute Gasteiger partial charge is 0.490 e. The monoisotopic (exact) mass is 381 g/mol. The predicted octanol–water partition coefficient (Wildman–Crippen LogP) is 3.08. The number of aromatic nitrogens is 2. The minimum absolute atomic E-state index is 0.0466. The quantitative estimate of drug-likeness (QED) is 0.712. The highest BCUT2D eigenvalue weighted by Gasteiger charge is 2.38. The number of aryl methyl sites for hydroxylation is 2. The molecule has 144 valence electrons. The Balaban J connectivity index is 0.000000412. The second kappa shape index (κ2) is 7.67. The van der Waals surface area contributed by atoms with Gasteiger partial charge in [-0.3, -0.25) is 4.79 Å². The molecule has 0 aliphatic heterocycles. The van der Waals surface area contributed by atoms with Crippen LogP contribution in [0.1, 0.15) is 23.9 Å². The Kier molecular flexibility index (Phi) is 6.29. The van der Waals surface area contributed by atoms with Crippen LogP contribution < -0.4 is 5.32 Å². The zero-order valence-corrected chi connectivity index (χ0v) is 14.0. The zero-order chi connectivity index (χ0) is 20.3. The fourth-order valence-corrected chi connectivity index (χ4v) is 1.73. The maximum absolute atomic E-state index is 12.7. The van der Waals surface area contributed by atoms with Gasteiger partial charge in [-0.15, -0.1) is 0 Å². The molecule has 11 heteroatoms. The molecule has 0 aliphatic rings. The van der Waals surface area contributed by atoms with Crippen molar-refractivity contribution in [1.82, 2.24) is 15.3 Å². The lowest BCUT2D eigenvalue weighted by Gasteiger charge is -2.09. The van der Waals surface area contributed by atoms with Crippen molar-refractivity contribution in [3.05, 3.63) is 29.1 Å². The minimum atomic E-state index is -5.08. The van der Waals surface area contributed by atoms with Crippen LogP contribution in [-0.2, 0) is 16.1 Å². The first-order chi connectivity index (χ1) is 11.7. The van der Waals surface area contributed by atoms with Crippen LogP contribution in [0.25, 0.3) is 11.0 Å². The van der Waals surface area contributed by atoms with E-state index in [-0.39, 0.29) is 6.54 Å². The molecule has 0 fully saturated rings. The fourth-order valence-electron chi connectivity index (χ4n) is 1.73. The number of halogens is 5. The third kappa shape index (κ3) is 5.97. The number of carboxylic acid groups (broad SMARTS) is 1. The van der Waals surface area contributed by atoms with Crippen molar-refractivity contribution in [3.8, 4) is 0 Å². The number of carboxylic acids is 1. The van der Waals surface area contributed by atoms with Crippen LogP contribution >= 0.6 is 0 Å². The molecule has 0 atom stereocenters. The first-order valence-electron chi connectivity index (χ1n) is 7.14. The minimum Gasteiger partial charge on any atom is -0.475 e. The van der Waals surface area contributed by atoms with E-state index >= 15 is 0 Å². The van der Waals surface area contributed by atoms with E-state index in [4.69, 9.17) is 9.90 Å². The molecule has 0 spiro atoms. The number of fused-ring (bicyclic) bond motifs is 1. The third-order valence-corrected chi connectivity index (χ3v) is 3.20. The molecular formula is C15H16F5N3O3. The summed E-state index contributed by atoms with van der Waals surface area (Å²) in [4.78, 5) is 27.2. The second-order valence-corrected chi connectivity index (χ2v) is 5.51. The number of aliphatic carboxylic acids is 1. The molecule has 26 heavy (non-hydrogen) atoms. The van der Waals surface area contributed by atoms with E-state index in [9.17, 15) is 26.7 Å². The first kappa shape index (κ1) is 21.3. The fraction of sp³-hybridized carbons (Fsp3) is 0.400. The number of nitrogens with zero attached hydrogens (tertiary/aromatic N) is 1. The van der Waals surface area contributed by atoms with E-state index in [1.165, 1.54) is 0 Å². The van der Waals surface area contributed by atoms with Gasteiger partial charge in [0.2, 0.25) is 0 Å². The van der Waals surface area contributed by atoms with E-state index in [1.807, 2.05) is 26.0 Å². The van der Waals surface area contributed by atoms with Gasteiger partial charge in [-0.2, -0.15) is 22.0 Å². The molecule has 0 saturated carbocycles. The van der Waals surface area contributed by atoms with Crippen molar-refractivity contribution in [2.45, 2.75) is 39.4 Å². The maximum Gasteiger partial charge on any atom is 0.490 e. The number of aromatic amines is 1. The van der Waals surface area contributed by atoms with Crippen molar-refractivity contribution >= 4 is 22.9 Å². The number of nitrogens with one attached hydrogen (secondary N) is 2. The third-order valence-electron chi connectivity index (χ3n) is 3.20. The molecule has 1 aromatic heterocycles. The van der Waals surface area contributed by atoms with Crippen LogP contribution in [0.15, 0.2) is 12.1 Å². The molecule has 0 radical (unpaired) electrons. The van der Waals surface area contributed by atoms with Crippen molar-refractivity contribution in [2.24, 2.45) is 0 Å². The standard InChI is InChI=1S/C13H15F2N3O.C2HF3O2/c1-7-4-9-10(5-8(7)2)18-11(17-9)6-16-12(19)13(3,14)15;3-2(4,5)1(6)7/h4-5H,6H2,1-3H3,(H,16,19)(H,17,18);(H,6,7). The van der Waals surface area contributed by atoms with Gasteiger partial charge in [0.15, 0.2) is 0 Å². The average molecular weight is 381 g/mol. The van der Waals surface area contributed by atoms with Gasteiger partial charge in [0, 0.05) is 6.92 Å². The summed E-state index contributed by atoms with van der Waals surface area (Å²) in [5.74, 6) is -6.98. The molecule has 0 unspecified atom stereocenters. The number of amides is 1. The Morgan fingerprint density at radius 2 is 1.65 bits per heavy atom. The molecule has 0 saturated heterocycles. The van der Waals surface area contributed by atoms with Gasteiger partial charge < -0.3 is 15.4 Å². The molecule has 2 rings (SSSR count). The van der Waals surface area contributed by atoms with Crippen LogP contribution in [0.5, 0.6) is 0 Å². The molecule has 0 aliphatic carbocycles. The number of benzene rings is 1. The molecule has 1 heterocycles. The maximum atomic E-state index is 12.7. The Morgan fingerprint density at radius 1 is 1.15 bits per heavy atom. The summed E-state index contributed by atoms with van der Waals surface area (Å²) in [7, 11) is 0. The molecule has 1 aromatic carbocycles. The van der Waals surface area contributed by atoms with Gasteiger partial charge in [0.1, 0.15) is 5.82 Å². The average Bonchev–Trinajstić information content (AvgIpc) is 2.85. The first-order valence-corrected chi connectivity index (χ1v) is 7.14. The number of carbonyl (C=O) groups excluding carboxylic acids is 1. The molecular weight excluding hydrogens is 365 g/mol. The van der Waals surface area contributed by atoms with E-state index in [2.05, 4.69) is 15.3 Å². The number of imidazole rings is 1. The zero-order valence-electron chi connectivity index (χ0n) is 14.0. The summed E-state index contributed by atoms with van der Waals surface area (Å²) in [6, 6.07) is 3.86. The molecule has 6 nitrogen and oxygen atoms in total. The van der Waals surface area contributed by atoms with Gasteiger partial charge >= 0.3 is 18.1 Å². The molecule has 0 bridgehead atoms. The number of hydrogen-bond donors (Lipinski definition) is 3. The van der Waals surface area contributed by atoms with Gasteiger partial charge in [0.25, 0.3) is 5.91 Å². The van der Waals surface area contributed by atoms with Gasteiger partial charge in [-0.25, -0.2) is 9.78 Å². The van der Waals surface area contributed by atoms with Crippen LogP contribution in [0.2, 0.25) is 0 Å². The van der Waals surface area contributed by atoms with Crippen molar-refractivity contribution in [3.63, 3.8) is 0 Å². The summed E-state index contributed by atoms with van der Waals surface area (Å²) in [5, 5.41) is 9.27. The van der Waals surface area contributed by atoms with Crippen molar-refractivity contribution < 1.29 is 36.6 Å². The van der Waals surface area contributed by atoms with Gasteiger partial charge in [-0.05, 0) is 37.1 Å². The molecule has 2 aromatic rings. The summed E-state index contributed by atoms with van der Waals surface area (Å²) in [6.45, 7) is 4.47. The topological polar surface area (TPSA) is 95.1 Å². The summed E-state index contributed by atoms with van der Waals surface area (Å²) in [5.41, 5.74) is 3.81. The van der Waals surface area contributed by atoms with Crippen molar-refractivity contribution in [1.29, 1.82) is 0 Å². The lowest BCUT2D eigenvalue weighted by Crippen LogP contribution is -2.37. The normalized spacial score (nSPS) is 11.7. The number of alkyl halides is 5. The van der Waals surface area contributed by atoms with Gasteiger partial charge in [0.05, 0.1) is 17.6 Å². The Hall–Kier alpha value is -2.72. The van der Waals surface area contributed by atoms with E-state index < -0.39 is 24.0 Å². The smallest absolute Gasteiger partial charge is 0.475 e. The summed E-state index contributed by atoms with van der Waals surface area (Å²) < 4.78 is 57.1. The van der Waals surface area contributed by atoms with Crippen LogP contribution in [0.3, 0.4) is 0 Å². The lowest BCUT2D eigenvalue weighted by atomic mass is 10.1. The van der Waals surface area contributed by atoms with E-state index in [0.29, 0.717) is 12.7 Å². The Labute approximate surface area is 144 Å². The van der Waals surface area contributed by atoms with Crippen LogP contribution in [-0.4, -0.2) is 39.0 Å². The number of hydrogen-bond acceptors (Lipinski definition) is 3. The Bertz CT molecular complexity index is 770. The van der Waals surface area contributed by atoms with Crippen molar-refractivity contribution in [2.75, 3.05) is 0 Å². The number of H-pyrrole nitrogens is 1. The highest BCUT2D eigenvalue weighted by molar-refractivity contribution is 5.83. The predicted molar refractivity (Wildman–Crippen MR) is 81.7 cm³/mol. The number of rotatable bonds is 3.